The molecule has 3 saturated carbocycles. The Labute approximate surface area is 310 Å². The summed E-state index contributed by atoms with van der Waals surface area (Å²) in [6.07, 6.45) is 19.3. The predicted octanol–water partition coefficient (Wildman–Crippen LogP) is 13.2. The molecule has 0 heterocycles. The Morgan fingerprint density at radius 2 is 1.46 bits per heavy atom. The number of unbranched alkanes of at least 4 members (excludes halogenated alkanes) is 1. The number of esters is 2. The standard InChI is InChI=1S/C44H76O4.C2H6/c1-29(2)16-14-15-17-31-18-20-35-34(31)22-23-37-36(35)21-19-32-26-33(24-25-43(32,37)12)47-38(45)41(8,9)28-42(10,11)48-39(46)44(13,27-30(3)4)40(5,6)7;1-2/h19,29-31,33-37H,14-18,20-28H2,1-13H3;1-2H3. The van der Waals surface area contributed by atoms with Gasteiger partial charge in [-0.05, 0) is 138 Å². The van der Waals surface area contributed by atoms with Crippen molar-refractivity contribution in [2.45, 2.75) is 205 Å². The molecule has 3 fully saturated rings. The van der Waals surface area contributed by atoms with Gasteiger partial charge in [-0.1, -0.05) is 107 Å². The highest BCUT2D eigenvalue weighted by molar-refractivity contribution is 5.78. The van der Waals surface area contributed by atoms with Crippen LogP contribution in [0.3, 0.4) is 0 Å². The second-order valence-corrected chi connectivity index (χ2v) is 20.7. The van der Waals surface area contributed by atoms with Gasteiger partial charge in [-0.2, -0.15) is 0 Å². The number of fused-ring (bicyclic) bond motifs is 5. The summed E-state index contributed by atoms with van der Waals surface area (Å²) in [5, 5.41) is 0. The lowest BCUT2D eigenvalue weighted by molar-refractivity contribution is -0.183. The van der Waals surface area contributed by atoms with Crippen molar-refractivity contribution in [3.05, 3.63) is 11.6 Å². The zero-order valence-electron chi connectivity index (χ0n) is 35.7. The summed E-state index contributed by atoms with van der Waals surface area (Å²) in [5.74, 6) is 5.36. The summed E-state index contributed by atoms with van der Waals surface area (Å²) >= 11 is 0. The van der Waals surface area contributed by atoms with Gasteiger partial charge in [0, 0.05) is 12.8 Å². The van der Waals surface area contributed by atoms with Crippen LogP contribution in [0.4, 0.5) is 0 Å². The van der Waals surface area contributed by atoms with Crippen molar-refractivity contribution in [1.82, 2.24) is 0 Å². The highest BCUT2D eigenvalue weighted by Crippen LogP contribution is 2.63. The molecule has 50 heavy (non-hydrogen) atoms. The molecule has 0 amide bonds. The van der Waals surface area contributed by atoms with Gasteiger partial charge in [0.15, 0.2) is 0 Å². The molecule has 4 aliphatic carbocycles. The van der Waals surface area contributed by atoms with E-state index in [-0.39, 0.29) is 28.9 Å². The second-order valence-electron chi connectivity index (χ2n) is 20.7. The smallest absolute Gasteiger partial charge is 0.312 e. The van der Waals surface area contributed by atoms with E-state index in [0.29, 0.717) is 12.3 Å². The van der Waals surface area contributed by atoms with Gasteiger partial charge < -0.3 is 9.47 Å². The topological polar surface area (TPSA) is 52.6 Å². The highest BCUT2D eigenvalue weighted by atomic mass is 16.6. The van der Waals surface area contributed by atoms with E-state index in [4.69, 9.17) is 9.47 Å². The van der Waals surface area contributed by atoms with E-state index in [1.54, 1.807) is 5.57 Å². The Kier molecular flexibility index (Phi) is 14.5. The van der Waals surface area contributed by atoms with Crippen LogP contribution in [0.5, 0.6) is 0 Å². The zero-order valence-corrected chi connectivity index (χ0v) is 35.7. The van der Waals surface area contributed by atoms with Crippen molar-refractivity contribution >= 4 is 11.9 Å². The minimum absolute atomic E-state index is 0.0634. The Balaban J connectivity index is 0.00000332. The van der Waals surface area contributed by atoms with E-state index < -0.39 is 16.4 Å². The van der Waals surface area contributed by atoms with Gasteiger partial charge in [-0.15, -0.1) is 0 Å². The van der Waals surface area contributed by atoms with Gasteiger partial charge in [0.1, 0.15) is 11.7 Å². The van der Waals surface area contributed by atoms with E-state index in [1.165, 1.54) is 57.8 Å². The first-order chi connectivity index (χ1) is 23.1. The van der Waals surface area contributed by atoms with Gasteiger partial charge in [0.05, 0.1) is 10.8 Å². The summed E-state index contributed by atoms with van der Waals surface area (Å²) in [7, 11) is 0. The van der Waals surface area contributed by atoms with E-state index >= 15 is 0 Å². The molecule has 4 heteroatoms. The van der Waals surface area contributed by atoms with Crippen LogP contribution in [-0.2, 0) is 19.1 Å². The Morgan fingerprint density at radius 1 is 0.820 bits per heavy atom. The van der Waals surface area contributed by atoms with Crippen LogP contribution >= 0.6 is 0 Å². The van der Waals surface area contributed by atoms with Gasteiger partial charge in [0.2, 0.25) is 0 Å². The first-order valence-electron chi connectivity index (χ1n) is 21.2. The van der Waals surface area contributed by atoms with Gasteiger partial charge in [-0.3, -0.25) is 9.59 Å². The molecule has 0 aliphatic heterocycles. The molecule has 0 N–H and O–H groups in total. The monoisotopic (exact) mass is 699 g/mol. The number of allylic oxidation sites excluding steroid dienone is 1. The third kappa shape index (κ3) is 9.80. The number of hydrogen-bond acceptors (Lipinski definition) is 4. The van der Waals surface area contributed by atoms with Crippen LogP contribution in [-0.4, -0.2) is 23.6 Å². The van der Waals surface area contributed by atoms with Gasteiger partial charge in [0.25, 0.3) is 0 Å². The summed E-state index contributed by atoms with van der Waals surface area (Å²) < 4.78 is 12.6. The van der Waals surface area contributed by atoms with Crippen LogP contribution in [0.15, 0.2) is 11.6 Å². The number of hydrogen-bond donors (Lipinski definition) is 0. The van der Waals surface area contributed by atoms with E-state index in [9.17, 15) is 9.59 Å². The van der Waals surface area contributed by atoms with Crippen molar-refractivity contribution in [1.29, 1.82) is 0 Å². The fourth-order valence-electron chi connectivity index (χ4n) is 11.2. The Bertz CT molecular complexity index is 1150. The molecule has 0 saturated heterocycles. The van der Waals surface area contributed by atoms with Crippen molar-refractivity contribution in [2.75, 3.05) is 0 Å². The highest BCUT2D eigenvalue weighted by Gasteiger charge is 2.55. The minimum atomic E-state index is -0.790. The molecule has 8 atom stereocenters. The molecule has 0 spiro atoms. The fraction of sp³-hybridized carbons (Fsp3) is 0.913. The summed E-state index contributed by atoms with van der Waals surface area (Å²) in [6, 6.07) is 0. The molecule has 0 radical (unpaired) electrons. The average molecular weight is 699 g/mol. The molecule has 8 unspecified atom stereocenters. The van der Waals surface area contributed by atoms with Crippen molar-refractivity contribution < 1.29 is 19.1 Å². The number of rotatable bonds is 13. The molecule has 0 aromatic carbocycles. The first kappa shape index (κ1) is 43.1. The quantitative estimate of drug-likeness (QED) is 0.109. The summed E-state index contributed by atoms with van der Waals surface area (Å²) in [4.78, 5) is 27.5. The molecule has 4 rings (SSSR count). The minimum Gasteiger partial charge on any atom is -0.462 e. The van der Waals surface area contributed by atoms with Crippen LogP contribution in [0.25, 0.3) is 0 Å². The van der Waals surface area contributed by atoms with E-state index in [2.05, 4.69) is 61.5 Å². The molecular weight excluding hydrogens is 617 g/mol. The molecule has 0 aromatic rings. The molecule has 0 bridgehead atoms. The van der Waals surface area contributed by atoms with Gasteiger partial charge >= 0.3 is 11.9 Å². The molecule has 290 valence electrons. The maximum Gasteiger partial charge on any atom is 0.312 e. The number of carbonyl (C=O) groups excluding carboxylic acids is 2. The van der Waals surface area contributed by atoms with Crippen LogP contribution < -0.4 is 0 Å². The third-order valence-corrected chi connectivity index (χ3v) is 14.1. The first-order valence-corrected chi connectivity index (χ1v) is 21.2. The molecular formula is C46H82O4. The average Bonchev–Trinajstić information content (AvgIpc) is 3.42. The van der Waals surface area contributed by atoms with Crippen molar-refractivity contribution in [2.24, 2.45) is 63.1 Å². The lowest BCUT2D eigenvalue weighted by atomic mass is 9.50. The largest absolute Gasteiger partial charge is 0.462 e. The van der Waals surface area contributed by atoms with Crippen LogP contribution in [0, 0.1) is 63.1 Å². The third-order valence-electron chi connectivity index (χ3n) is 14.1. The van der Waals surface area contributed by atoms with E-state index in [1.807, 2.05) is 48.5 Å². The maximum absolute atomic E-state index is 13.8. The predicted molar refractivity (Wildman–Crippen MR) is 211 cm³/mol. The second kappa shape index (κ2) is 16.8. The lowest BCUT2D eigenvalue weighted by Gasteiger charge is -2.55. The molecule has 4 aliphatic rings. The maximum atomic E-state index is 13.8. The van der Waals surface area contributed by atoms with Gasteiger partial charge in [-0.25, -0.2) is 0 Å². The summed E-state index contributed by atoms with van der Waals surface area (Å²) in [6.45, 7) is 31.8. The number of carbonyl (C=O) groups is 2. The Morgan fingerprint density at radius 3 is 2.06 bits per heavy atom. The van der Waals surface area contributed by atoms with Crippen LogP contribution in [0.2, 0.25) is 0 Å². The normalized spacial score (nSPS) is 31.0. The van der Waals surface area contributed by atoms with Crippen molar-refractivity contribution in [3.8, 4) is 0 Å². The lowest BCUT2D eigenvalue weighted by Crippen LogP contribution is -2.48. The van der Waals surface area contributed by atoms with Crippen molar-refractivity contribution in [3.63, 3.8) is 0 Å². The Hall–Kier alpha value is -1.32. The van der Waals surface area contributed by atoms with E-state index in [0.717, 1.165) is 61.2 Å². The number of ether oxygens (including phenoxy) is 2. The SMILES string of the molecule is CC.CC(C)CCCCC1CCC2C1CCC1C2CC=C2CC(OC(=O)C(C)(C)CC(C)(C)OC(=O)C(C)(CC(C)C)C(C)(C)C)CCC21C. The van der Waals surface area contributed by atoms with Crippen LogP contribution in [0.1, 0.15) is 194 Å². The molecule has 4 nitrogen and oxygen atoms in total. The zero-order chi connectivity index (χ0) is 37.9. The fourth-order valence-corrected chi connectivity index (χ4v) is 11.2. The molecule has 0 aromatic heterocycles. The summed E-state index contributed by atoms with van der Waals surface area (Å²) in [5.41, 5.74) is -0.591.